The van der Waals surface area contributed by atoms with Gasteiger partial charge in [0.1, 0.15) is 11.8 Å². The van der Waals surface area contributed by atoms with Crippen LogP contribution in [0.2, 0.25) is 0 Å². The Morgan fingerprint density at radius 2 is 1.74 bits per heavy atom. The number of amides is 3. The number of rotatable bonds is 7. The predicted octanol–water partition coefficient (Wildman–Crippen LogP) is 3.35. The molecule has 0 saturated carbocycles. The molecule has 2 saturated heterocycles. The van der Waals surface area contributed by atoms with Crippen molar-refractivity contribution in [1.82, 2.24) is 15.1 Å². The molecule has 4 rings (SSSR count). The third-order valence-corrected chi connectivity index (χ3v) is 7.83. The van der Waals surface area contributed by atoms with E-state index < -0.39 is 6.04 Å². The van der Waals surface area contributed by atoms with Gasteiger partial charge in [-0.25, -0.2) is 0 Å². The van der Waals surface area contributed by atoms with E-state index in [0.717, 1.165) is 29.9 Å². The van der Waals surface area contributed by atoms with Gasteiger partial charge >= 0.3 is 0 Å². The number of thiophene rings is 1. The zero-order valence-electron chi connectivity index (χ0n) is 19.9. The van der Waals surface area contributed by atoms with Gasteiger partial charge in [-0.2, -0.15) is 0 Å². The molecule has 3 amide bonds. The first-order chi connectivity index (χ1) is 16.4. The first-order valence-electron chi connectivity index (χ1n) is 12.0. The van der Waals surface area contributed by atoms with Crippen molar-refractivity contribution in [3.63, 3.8) is 0 Å². The van der Waals surface area contributed by atoms with Gasteiger partial charge in [0.15, 0.2) is 0 Å². The summed E-state index contributed by atoms with van der Waals surface area (Å²) in [6.45, 7) is 6.77. The maximum atomic E-state index is 13.3. The number of nitrogens with zero attached hydrogens (tertiary/aromatic N) is 2. The molecule has 0 aliphatic carbocycles. The van der Waals surface area contributed by atoms with Crippen LogP contribution in [0.5, 0.6) is 5.75 Å². The van der Waals surface area contributed by atoms with Gasteiger partial charge in [0.05, 0.1) is 6.61 Å². The molecule has 34 heavy (non-hydrogen) atoms. The average Bonchev–Trinajstić information content (AvgIpc) is 3.49. The van der Waals surface area contributed by atoms with Crippen molar-refractivity contribution in [1.29, 1.82) is 0 Å². The summed E-state index contributed by atoms with van der Waals surface area (Å²) in [5.41, 5.74) is 0.726. The second kappa shape index (κ2) is 10.6. The fourth-order valence-corrected chi connectivity index (χ4v) is 5.81. The third kappa shape index (κ3) is 5.60. The van der Waals surface area contributed by atoms with Crippen LogP contribution in [0.15, 0.2) is 41.8 Å². The number of ether oxygens (including phenoxy) is 1. The summed E-state index contributed by atoms with van der Waals surface area (Å²) in [5, 5.41) is 4.84. The summed E-state index contributed by atoms with van der Waals surface area (Å²) in [6.07, 6.45) is 3.23. The second-order valence-corrected chi connectivity index (χ2v) is 10.3. The second-order valence-electron chi connectivity index (χ2n) is 9.30. The van der Waals surface area contributed by atoms with Gasteiger partial charge in [-0.05, 0) is 67.3 Å². The minimum Gasteiger partial charge on any atom is -0.494 e. The highest BCUT2D eigenvalue weighted by Gasteiger charge is 2.44. The quantitative estimate of drug-likeness (QED) is 0.655. The first-order valence-corrected chi connectivity index (χ1v) is 12.9. The Balaban J connectivity index is 1.34. The minimum absolute atomic E-state index is 0.00614. The van der Waals surface area contributed by atoms with E-state index in [-0.39, 0.29) is 23.1 Å². The minimum atomic E-state index is -0.535. The molecule has 2 fully saturated rings. The summed E-state index contributed by atoms with van der Waals surface area (Å²) in [7, 11) is 0. The lowest BCUT2D eigenvalue weighted by atomic mass is 9.77. The molecule has 3 heterocycles. The smallest absolute Gasteiger partial charge is 0.253 e. The highest BCUT2D eigenvalue weighted by molar-refractivity contribution is 7.09. The SMILES string of the molecule is CCOc1ccc(C(=O)N2CCC3(CC2)CCN(C(=O)[C@H](Cc2cccs2)NC(C)=O)C3)cc1. The fraction of sp³-hybridized carbons (Fsp3) is 0.500. The largest absolute Gasteiger partial charge is 0.494 e. The Morgan fingerprint density at radius 1 is 1.06 bits per heavy atom. The van der Waals surface area contributed by atoms with E-state index in [1.54, 1.807) is 11.3 Å². The summed E-state index contributed by atoms with van der Waals surface area (Å²) in [4.78, 5) is 42.9. The van der Waals surface area contributed by atoms with Crippen LogP contribution >= 0.6 is 11.3 Å². The van der Waals surface area contributed by atoms with Crippen LogP contribution in [0.3, 0.4) is 0 Å². The molecule has 2 aromatic rings. The standard InChI is InChI=1S/C26H33N3O4S/c1-3-33-21-8-6-20(7-9-21)24(31)28-13-10-26(11-14-28)12-15-29(18-26)25(32)23(27-19(2)30)17-22-5-4-16-34-22/h4-9,16,23H,3,10-15,17-18H2,1-2H3,(H,27,30)/t23-/m0/s1. The van der Waals surface area contributed by atoms with Gasteiger partial charge in [0, 0.05) is 50.0 Å². The number of nitrogens with one attached hydrogen (secondary N) is 1. The highest BCUT2D eigenvalue weighted by atomic mass is 32.1. The van der Waals surface area contributed by atoms with E-state index in [2.05, 4.69) is 5.32 Å². The summed E-state index contributed by atoms with van der Waals surface area (Å²) in [6, 6.07) is 10.7. The number of hydrogen-bond acceptors (Lipinski definition) is 5. The Kier molecular flexibility index (Phi) is 7.56. The van der Waals surface area contributed by atoms with Crippen molar-refractivity contribution in [3.8, 4) is 5.75 Å². The van der Waals surface area contributed by atoms with Crippen molar-refractivity contribution in [2.75, 3.05) is 32.8 Å². The molecule has 1 spiro atoms. The zero-order valence-corrected chi connectivity index (χ0v) is 20.7. The number of hydrogen-bond donors (Lipinski definition) is 1. The van der Waals surface area contributed by atoms with Gasteiger partial charge in [-0.1, -0.05) is 6.07 Å². The third-order valence-electron chi connectivity index (χ3n) is 6.93. The van der Waals surface area contributed by atoms with Crippen molar-refractivity contribution >= 4 is 29.1 Å². The summed E-state index contributed by atoms with van der Waals surface area (Å²) >= 11 is 1.60. The average molecular weight is 484 g/mol. The van der Waals surface area contributed by atoms with Gasteiger partial charge in [0.25, 0.3) is 5.91 Å². The normalized spacial score (nSPS) is 18.1. The van der Waals surface area contributed by atoms with Crippen LogP contribution < -0.4 is 10.1 Å². The fourth-order valence-electron chi connectivity index (χ4n) is 5.05. The first kappa shape index (κ1) is 24.3. The predicted molar refractivity (Wildman–Crippen MR) is 132 cm³/mol. The van der Waals surface area contributed by atoms with E-state index in [1.807, 2.05) is 58.5 Å². The lowest BCUT2D eigenvalue weighted by Gasteiger charge is -2.39. The number of carbonyl (C=O) groups excluding carboxylic acids is 3. The van der Waals surface area contributed by atoms with Gasteiger partial charge in [-0.3, -0.25) is 14.4 Å². The molecule has 2 aliphatic rings. The van der Waals surface area contributed by atoms with Crippen molar-refractivity contribution in [2.45, 2.75) is 45.6 Å². The molecule has 1 aromatic heterocycles. The molecule has 1 atom stereocenters. The molecule has 7 nitrogen and oxygen atoms in total. The Bertz CT molecular complexity index is 998. The number of likely N-dealkylation sites (tertiary alicyclic amines) is 2. The Labute approximate surface area is 205 Å². The topological polar surface area (TPSA) is 79.0 Å². The molecule has 0 unspecified atom stereocenters. The van der Waals surface area contributed by atoms with Gasteiger partial charge in [-0.15, -0.1) is 11.3 Å². The van der Waals surface area contributed by atoms with E-state index in [1.165, 1.54) is 6.92 Å². The molecule has 2 aliphatic heterocycles. The molecule has 0 radical (unpaired) electrons. The van der Waals surface area contributed by atoms with Crippen LogP contribution in [0.1, 0.15) is 48.3 Å². The van der Waals surface area contributed by atoms with Crippen molar-refractivity contribution < 1.29 is 19.1 Å². The molecular formula is C26H33N3O4S. The van der Waals surface area contributed by atoms with Gasteiger partial charge < -0.3 is 19.9 Å². The van der Waals surface area contributed by atoms with Gasteiger partial charge in [0.2, 0.25) is 11.8 Å². The van der Waals surface area contributed by atoms with Crippen LogP contribution in [0, 0.1) is 5.41 Å². The Morgan fingerprint density at radius 3 is 2.32 bits per heavy atom. The Hall–Kier alpha value is -2.87. The highest BCUT2D eigenvalue weighted by Crippen LogP contribution is 2.41. The van der Waals surface area contributed by atoms with Crippen LogP contribution in [-0.2, 0) is 16.0 Å². The maximum Gasteiger partial charge on any atom is 0.253 e. The zero-order chi connectivity index (χ0) is 24.1. The van der Waals surface area contributed by atoms with E-state index in [4.69, 9.17) is 4.74 Å². The number of piperidine rings is 1. The molecule has 8 heteroatoms. The summed E-state index contributed by atoms with van der Waals surface area (Å²) < 4.78 is 5.47. The van der Waals surface area contributed by atoms with Crippen LogP contribution in [-0.4, -0.2) is 66.3 Å². The van der Waals surface area contributed by atoms with E-state index in [0.29, 0.717) is 44.8 Å². The molecule has 182 valence electrons. The number of carbonyl (C=O) groups is 3. The van der Waals surface area contributed by atoms with E-state index >= 15 is 0 Å². The molecule has 0 bridgehead atoms. The van der Waals surface area contributed by atoms with Crippen LogP contribution in [0.4, 0.5) is 0 Å². The monoisotopic (exact) mass is 483 g/mol. The molecule has 1 N–H and O–H groups in total. The molecule has 1 aromatic carbocycles. The lowest BCUT2D eigenvalue weighted by molar-refractivity contribution is -0.135. The lowest BCUT2D eigenvalue weighted by Crippen LogP contribution is -2.50. The van der Waals surface area contributed by atoms with Crippen molar-refractivity contribution in [3.05, 3.63) is 52.2 Å². The summed E-state index contributed by atoms with van der Waals surface area (Å²) in [5.74, 6) is 0.618. The maximum absolute atomic E-state index is 13.3. The van der Waals surface area contributed by atoms with Crippen LogP contribution in [0.25, 0.3) is 0 Å². The van der Waals surface area contributed by atoms with E-state index in [9.17, 15) is 14.4 Å². The van der Waals surface area contributed by atoms with Crippen molar-refractivity contribution in [2.24, 2.45) is 5.41 Å². The molecular weight excluding hydrogens is 450 g/mol. The number of benzene rings is 1.